The smallest absolute Gasteiger partial charge is 0.227 e. The Hall–Kier alpha value is -1.35. The van der Waals surface area contributed by atoms with Crippen molar-refractivity contribution < 1.29 is 4.79 Å². The van der Waals surface area contributed by atoms with Crippen molar-refractivity contribution in [3.05, 3.63) is 35.4 Å². The summed E-state index contributed by atoms with van der Waals surface area (Å²) >= 11 is 0. The van der Waals surface area contributed by atoms with Gasteiger partial charge in [-0.15, -0.1) is 0 Å². The Labute approximate surface area is 121 Å². The van der Waals surface area contributed by atoms with Crippen molar-refractivity contribution in [2.24, 2.45) is 5.92 Å². The first-order valence-electron chi connectivity index (χ1n) is 7.91. The highest BCUT2D eigenvalue weighted by atomic mass is 16.1. The topological polar surface area (TPSA) is 41.1 Å². The van der Waals surface area contributed by atoms with E-state index in [0.717, 1.165) is 51.2 Å². The largest absolute Gasteiger partial charge is 0.356 e. The average Bonchev–Trinajstić information content (AvgIpc) is 3.00. The molecule has 2 aliphatic rings. The number of carbonyl (C=O) groups is 1. The summed E-state index contributed by atoms with van der Waals surface area (Å²) in [5.74, 6) is 1.04. The fraction of sp³-hybridized carbons (Fsp3) is 0.588. The van der Waals surface area contributed by atoms with Crippen LogP contribution in [0, 0.1) is 5.92 Å². The average molecular weight is 272 g/mol. The summed E-state index contributed by atoms with van der Waals surface area (Å²) in [6.07, 6.45) is 5.60. The summed E-state index contributed by atoms with van der Waals surface area (Å²) in [5.41, 5.74) is 2.61. The first-order valence-corrected chi connectivity index (χ1v) is 7.91. The Bertz CT molecular complexity index is 466. The molecule has 0 bridgehead atoms. The molecule has 2 unspecified atom stereocenters. The van der Waals surface area contributed by atoms with Crippen molar-refractivity contribution in [3.63, 3.8) is 0 Å². The van der Waals surface area contributed by atoms with Crippen molar-refractivity contribution in [2.45, 2.75) is 38.0 Å². The quantitative estimate of drug-likeness (QED) is 0.882. The molecule has 3 nitrogen and oxygen atoms in total. The minimum Gasteiger partial charge on any atom is -0.356 e. The molecule has 3 rings (SSSR count). The molecule has 1 aliphatic heterocycles. The summed E-state index contributed by atoms with van der Waals surface area (Å²) in [6.45, 7) is 3.07. The lowest BCUT2D eigenvalue weighted by molar-refractivity contribution is -0.122. The van der Waals surface area contributed by atoms with E-state index >= 15 is 0 Å². The van der Waals surface area contributed by atoms with Crippen molar-refractivity contribution in [1.82, 2.24) is 10.6 Å². The second kappa shape index (κ2) is 6.40. The van der Waals surface area contributed by atoms with Gasteiger partial charge < -0.3 is 10.6 Å². The second-order valence-corrected chi connectivity index (χ2v) is 6.08. The van der Waals surface area contributed by atoms with Gasteiger partial charge in [0.2, 0.25) is 5.91 Å². The van der Waals surface area contributed by atoms with Crippen molar-refractivity contribution >= 4 is 5.91 Å². The first kappa shape index (κ1) is 13.6. The number of rotatable bonds is 4. The van der Waals surface area contributed by atoms with E-state index in [0.29, 0.717) is 0 Å². The van der Waals surface area contributed by atoms with Crippen LogP contribution in [0.4, 0.5) is 0 Å². The number of aryl methyl sites for hydroxylation is 1. The van der Waals surface area contributed by atoms with E-state index < -0.39 is 0 Å². The molecule has 1 aromatic carbocycles. The lowest BCUT2D eigenvalue weighted by Crippen LogP contribution is -2.33. The Balaban J connectivity index is 1.55. The van der Waals surface area contributed by atoms with Gasteiger partial charge in [0, 0.05) is 6.54 Å². The van der Waals surface area contributed by atoms with Crippen molar-refractivity contribution in [2.75, 3.05) is 19.6 Å². The molecule has 3 heteroatoms. The van der Waals surface area contributed by atoms with Gasteiger partial charge in [-0.2, -0.15) is 0 Å². The highest BCUT2D eigenvalue weighted by Gasteiger charge is 2.26. The molecule has 1 aromatic rings. The Kier molecular flexibility index (Phi) is 4.36. The lowest BCUT2D eigenvalue weighted by Gasteiger charge is -2.24. The predicted octanol–water partition coefficient (Wildman–Crippen LogP) is 2.22. The minimum atomic E-state index is 0.0710. The van der Waals surface area contributed by atoms with Crippen molar-refractivity contribution in [3.8, 4) is 0 Å². The zero-order valence-electron chi connectivity index (χ0n) is 12.0. The van der Waals surface area contributed by atoms with Gasteiger partial charge in [0.25, 0.3) is 0 Å². The number of carbonyl (C=O) groups excluding carboxylic acids is 1. The van der Waals surface area contributed by atoms with E-state index in [2.05, 4.69) is 34.9 Å². The molecule has 2 atom stereocenters. The van der Waals surface area contributed by atoms with Gasteiger partial charge in [0.05, 0.1) is 5.92 Å². The van der Waals surface area contributed by atoms with Crippen LogP contribution in [0.2, 0.25) is 0 Å². The maximum Gasteiger partial charge on any atom is 0.227 e. The van der Waals surface area contributed by atoms with E-state index in [1.807, 2.05) is 0 Å². The van der Waals surface area contributed by atoms with Crippen LogP contribution >= 0.6 is 0 Å². The van der Waals surface area contributed by atoms with Gasteiger partial charge in [-0.25, -0.2) is 0 Å². The van der Waals surface area contributed by atoms with Crippen LogP contribution in [0.1, 0.15) is 42.7 Å². The van der Waals surface area contributed by atoms with E-state index in [-0.39, 0.29) is 11.8 Å². The molecule has 0 saturated carbocycles. The third-order valence-corrected chi connectivity index (χ3v) is 4.70. The van der Waals surface area contributed by atoms with Gasteiger partial charge in [0.1, 0.15) is 0 Å². The molecule has 108 valence electrons. The maximum atomic E-state index is 12.4. The molecule has 2 N–H and O–H groups in total. The Morgan fingerprint density at radius 3 is 3.05 bits per heavy atom. The van der Waals surface area contributed by atoms with Gasteiger partial charge in [-0.1, -0.05) is 24.3 Å². The molecule has 0 aromatic heterocycles. The van der Waals surface area contributed by atoms with Crippen LogP contribution < -0.4 is 10.6 Å². The van der Waals surface area contributed by atoms with E-state index in [4.69, 9.17) is 0 Å². The number of amides is 1. The van der Waals surface area contributed by atoms with Crippen LogP contribution in [0.15, 0.2) is 24.3 Å². The van der Waals surface area contributed by atoms with Crippen LogP contribution in [0.25, 0.3) is 0 Å². The first-order chi connectivity index (χ1) is 9.84. The molecule has 1 amide bonds. The zero-order valence-corrected chi connectivity index (χ0v) is 12.0. The minimum absolute atomic E-state index is 0.0710. The normalized spacial score (nSPS) is 25.2. The van der Waals surface area contributed by atoms with Crippen LogP contribution in [-0.2, 0) is 11.2 Å². The molecule has 1 fully saturated rings. The third-order valence-electron chi connectivity index (χ3n) is 4.70. The predicted molar refractivity (Wildman–Crippen MR) is 80.7 cm³/mol. The second-order valence-electron chi connectivity index (χ2n) is 6.08. The fourth-order valence-electron chi connectivity index (χ4n) is 3.51. The molecule has 20 heavy (non-hydrogen) atoms. The molecule has 1 saturated heterocycles. The molecule has 1 aliphatic carbocycles. The fourth-order valence-corrected chi connectivity index (χ4v) is 3.51. The molecule has 0 spiro atoms. The number of nitrogens with one attached hydrogen (secondary N) is 2. The van der Waals surface area contributed by atoms with Crippen LogP contribution in [0.5, 0.6) is 0 Å². The Morgan fingerprint density at radius 1 is 1.30 bits per heavy atom. The van der Waals surface area contributed by atoms with E-state index in [1.54, 1.807) is 0 Å². The summed E-state index contributed by atoms with van der Waals surface area (Å²) in [7, 11) is 0. The molecule has 0 radical (unpaired) electrons. The monoisotopic (exact) mass is 272 g/mol. The van der Waals surface area contributed by atoms with Crippen molar-refractivity contribution in [1.29, 1.82) is 0 Å². The number of hydrogen-bond donors (Lipinski definition) is 2. The van der Waals surface area contributed by atoms with Gasteiger partial charge in [-0.3, -0.25) is 4.79 Å². The van der Waals surface area contributed by atoms with E-state index in [1.165, 1.54) is 17.5 Å². The van der Waals surface area contributed by atoms with Gasteiger partial charge in [0.15, 0.2) is 0 Å². The lowest BCUT2D eigenvalue weighted by atomic mass is 9.82. The number of fused-ring (bicyclic) bond motifs is 1. The highest BCUT2D eigenvalue weighted by Crippen LogP contribution is 2.31. The van der Waals surface area contributed by atoms with Crippen LogP contribution in [-0.4, -0.2) is 25.5 Å². The van der Waals surface area contributed by atoms with Crippen LogP contribution in [0.3, 0.4) is 0 Å². The number of hydrogen-bond acceptors (Lipinski definition) is 2. The SMILES string of the molecule is O=C(NCCC1CCNC1)C1CCCc2ccccc21. The summed E-state index contributed by atoms with van der Waals surface area (Å²) < 4.78 is 0. The molecular weight excluding hydrogens is 248 g/mol. The standard InChI is InChI=1S/C17H24N2O/c20-17(19-11-9-13-8-10-18-12-13)16-7-3-5-14-4-1-2-6-15(14)16/h1-2,4,6,13,16,18H,3,5,7-12H2,(H,19,20). The third kappa shape index (κ3) is 3.04. The Morgan fingerprint density at radius 2 is 2.20 bits per heavy atom. The maximum absolute atomic E-state index is 12.4. The molecular formula is C17H24N2O. The summed E-state index contributed by atoms with van der Waals surface area (Å²) in [5, 5.41) is 6.53. The summed E-state index contributed by atoms with van der Waals surface area (Å²) in [4.78, 5) is 12.4. The zero-order chi connectivity index (χ0) is 13.8. The van der Waals surface area contributed by atoms with Gasteiger partial charge in [-0.05, 0) is 62.2 Å². The molecule has 1 heterocycles. The summed E-state index contributed by atoms with van der Waals surface area (Å²) in [6, 6.07) is 8.42. The highest BCUT2D eigenvalue weighted by molar-refractivity contribution is 5.84. The number of benzene rings is 1. The van der Waals surface area contributed by atoms with E-state index in [9.17, 15) is 4.79 Å². The van der Waals surface area contributed by atoms with Gasteiger partial charge >= 0.3 is 0 Å².